The van der Waals surface area contributed by atoms with E-state index in [-0.39, 0.29) is 5.75 Å². The molecule has 0 aliphatic carbocycles. The molecule has 3 aromatic rings. The third-order valence-corrected chi connectivity index (χ3v) is 4.45. The largest absolute Gasteiger partial charge is 0.508 e. The Kier molecular flexibility index (Phi) is 5.57. The standard InChI is InChI=1S/C23H21ClO/c1-17-7-9-19(10-8-17)23(20-11-13-21(25)14-12-20)22(15-16-24)18-5-3-2-4-6-18/h2-14,25H,15-16H2,1H3/b23-22+. The van der Waals surface area contributed by atoms with Crippen LogP contribution >= 0.6 is 11.6 Å². The van der Waals surface area contributed by atoms with Crippen LogP contribution in [0.3, 0.4) is 0 Å². The number of phenolic OH excluding ortho intramolecular Hbond substituents is 1. The highest BCUT2D eigenvalue weighted by molar-refractivity contribution is 6.18. The molecule has 0 amide bonds. The van der Waals surface area contributed by atoms with Gasteiger partial charge in [-0.25, -0.2) is 0 Å². The van der Waals surface area contributed by atoms with Crippen LogP contribution in [0.4, 0.5) is 0 Å². The van der Waals surface area contributed by atoms with Crippen LogP contribution in [0.5, 0.6) is 5.75 Å². The second-order valence-electron chi connectivity index (χ2n) is 6.07. The molecule has 0 spiro atoms. The molecule has 0 aliphatic rings. The average molecular weight is 349 g/mol. The SMILES string of the molecule is Cc1ccc(/C(=C(/CCCl)c2ccccc2)c2ccc(O)cc2)cc1. The molecule has 25 heavy (non-hydrogen) atoms. The van der Waals surface area contributed by atoms with Crippen molar-refractivity contribution in [3.63, 3.8) is 0 Å². The summed E-state index contributed by atoms with van der Waals surface area (Å²) in [6, 6.07) is 26.3. The van der Waals surface area contributed by atoms with Crippen LogP contribution < -0.4 is 0 Å². The smallest absolute Gasteiger partial charge is 0.115 e. The third kappa shape index (κ3) is 4.12. The number of allylic oxidation sites excluding steroid dienone is 1. The summed E-state index contributed by atoms with van der Waals surface area (Å²) in [5.41, 5.74) is 7.00. The summed E-state index contributed by atoms with van der Waals surface area (Å²) in [4.78, 5) is 0. The Morgan fingerprint density at radius 3 is 1.88 bits per heavy atom. The maximum Gasteiger partial charge on any atom is 0.115 e. The molecule has 126 valence electrons. The molecule has 0 unspecified atom stereocenters. The molecule has 1 nitrogen and oxygen atoms in total. The summed E-state index contributed by atoms with van der Waals surface area (Å²) in [7, 11) is 0. The van der Waals surface area contributed by atoms with Gasteiger partial charge in [0.05, 0.1) is 0 Å². The first-order chi connectivity index (χ1) is 12.2. The van der Waals surface area contributed by atoms with Gasteiger partial charge in [0.15, 0.2) is 0 Å². The normalized spacial score (nSPS) is 11.9. The summed E-state index contributed by atoms with van der Waals surface area (Å²) in [6.07, 6.45) is 0.773. The van der Waals surface area contributed by atoms with E-state index in [1.165, 1.54) is 16.7 Å². The molecular formula is C23H21ClO. The van der Waals surface area contributed by atoms with Crippen LogP contribution in [0.2, 0.25) is 0 Å². The second kappa shape index (κ2) is 8.04. The highest BCUT2D eigenvalue weighted by Crippen LogP contribution is 2.35. The lowest BCUT2D eigenvalue weighted by molar-refractivity contribution is 0.475. The van der Waals surface area contributed by atoms with Crippen LogP contribution in [-0.4, -0.2) is 11.0 Å². The first kappa shape index (κ1) is 17.3. The van der Waals surface area contributed by atoms with Crippen molar-refractivity contribution < 1.29 is 5.11 Å². The Bertz CT molecular complexity index is 799. The number of rotatable bonds is 5. The molecule has 0 aromatic heterocycles. The van der Waals surface area contributed by atoms with Crippen molar-refractivity contribution in [1.29, 1.82) is 0 Å². The molecule has 0 bridgehead atoms. The van der Waals surface area contributed by atoms with Crippen LogP contribution in [0.1, 0.15) is 28.7 Å². The topological polar surface area (TPSA) is 20.2 Å². The highest BCUT2D eigenvalue weighted by atomic mass is 35.5. The number of aryl methyl sites for hydroxylation is 1. The second-order valence-corrected chi connectivity index (χ2v) is 6.45. The molecule has 2 heteroatoms. The zero-order chi connectivity index (χ0) is 17.6. The highest BCUT2D eigenvalue weighted by Gasteiger charge is 2.14. The van der Waals surface area contributed by atoms with Crippen molar-refractivity contribution in [2.75, 3.05) is 5.88 Å². The van der Waals surface area contributed by atoms with Crippen molar-refractivity contribution >= 4 is 22.7 Å². The Morgan fingerprint density at radius 1 is 0.760 bits per heavy atom. The van der Waals surface area contributed by atoms with E-state index >= 15 is 0 Å². The van der Waals surface area contributed by atoms with Crippen LogP contribution in [0, 0.1) is 6.92 Å². The lowest BCUT2D eigenvalue weighted by Gasteiger charge is -2.17. The molecule has 0 aliphatic heterocycles. The number of phenols is 1. The number of benzene rings is 3. The summed E-state index contributed by atoms with van der Waals surface area (Å²) in [6.45, 7) is 2.09. The van der Waals surface area contributed by atoms with Gasteiger partial charge in [-0.1, -0.05) is 72.3 Å². The molecule has 0 saturated heterocycles. The fraction of sp³-hybridized carbons (Fsp3) is 0.130. The van der Waals surface area contributed by atoms with Crippen LogP contribution in [0.15, 0.2) is 78.9 Å². The van der Waals surface area contributed by atoms with E-state index in [4.69, 9.17) is 11.6 Å². The minimum Gasteiger partial charge on any atom is -0.508 e. The van der Waals surface area contributed by atoms with Gasteiger partial charge in [0.25, 0.3) is 0 Å². The third-order valence-electron chi connectivity index (χ3n) is 4.26. The van der Waals surface area contributed by atoms with Crippen molar-refractivity contribution in [2.45, 2.75) is 13.3 Å². The molecule has 0 radical (unpaired) electrons. The van der Waals surface area contributed by atoms with E-state index in [9.17, 15) is 5.11 Å². The minimum atomic E-state index is 0.269. The van der Waals surface area contributed by atoms with E-state index in [0.717, 1.165) is 23.1 Å². The number of hydrogen-bond donors (Lipinski definition) is 1. The van der Waals surface area contributed by atoms with Crippen LogP contribution in [-0.2, 0) is 0 Å². The lowest BCUT2D eigenvalue weighted by Crippen LogP contribution is -1.96. The van der Waals surface area contributed by atoms with Gasteiger partial charge in [-0.3, -0.25) is 0 Å². The van der Waals surface area contributed by atoms with E-state index in [0.29, 0.717) is 5.88 Å². The lowest BCUT2D eigenvalue weighted by atomic mass is 9.88. The maximum absolute atomic E-state index is 9.67. The number of halogens is 1. The fourth-order valence-electron chi connectivity index (χ4n) is 3.01. The molecule has 0 atom stereocenters. The van der Waals surface area contributed by atoms with E-state index in [1.807, 2.05) is 30.3 Å². The number of aromatic hydroxyl groups is 1. The summed E-state index contributed by atoms with van der Waals surface area (Å²) in [5, 5.41) is 9.67. The van der Waals surface area contributed by atoms with E-state index < -0.39 is 0 Å². The molecule has 0 heterocycles. The minimum absolute atomic E-state index is 0.269. The monoisotopic (exact) mass is 348 g/mol. The summed E-state index contributed by atoms with van der Waals surface area (Å²) in [5.74, 6) is 0.822. The number of hydrogen-bond acceptors (Lipinski definition) is 1. The Hall–Kier alpha value is -2.51. The van der Waals surface area contributed by atoms with Gasteiger partial charge in [0, 0.05) is 5.88 Å². The zero-order valence-electron chi connectivity index (χ0n) is 14.2. The first-order valence-corrected chi connectivity index (χ1v) is 8.93. The van der Waals surface area contributed by atoms with Gasteiger partial charge in [-0.15, -0.1) is 11.6 Å². The molecule has 3 aromatic carbocycles. The maximum atomic E-state index is 9.67. The zero-order valence-corrected chi connectivity index (χ0v) is 15.0. The van der Waals surface area contributed by atoms with Gasteiger partial charge < -0.3 is 5.11 Å². The van der Waals surface area contributed by atoms with Gasteiger partial charge in [0.1, 0.15) is 5.75 Å². The Balaban J connectivity index is 2.26. The van der Waals surface area contributed by atoms with Gasteiger partial charge in [-0.2, -0.15) is 0 Å². The van der Waals surface area contributed by atoms with E-state index in [2.05, 4.69) is 43.3 Å². The predicted molar refractivity (Wildman–Crippen MR) is 107 cm³/mol. The van der Waals surface area contributed by atoms with Gasteiger partial charge >= 0.3 is 0 Å². The first-order valence-electron chi connectivity index (χ1n) is 8.40. The fourth-order valence-corrected chi connectivity index (χ4v) is 3.20. The molecular weight excluding hydrogens is 328 g/mol. The molecule has 0 saturated carbocycles. The van der Waals surface area contributed by atoms with Crippen LogP contribution in [0.25, 0.3) is 11.1 Å². The van der Waals surface area contributed by atoms with Crippen molar-refractivity contribution in [2.24, 2.45) is 0 Å². The molecule has 3 rings (SSSR count). The summed E-state index contributed by atoms with van der Waals surface area (Å²) >= 11 is 6.14. The predicted octanol–water partition coefficient (Wildman–Crippen LogP) is 6.29. The quantitative estimate of drug-likeness (QED) is 0.424. The molecule has 0 fully saturated rings. The van der Waals surface area contributed by atoms with Crippen molar-refractivity contribution in [1.82, 2.24) is 0 Å². The Morgan fingerprint density at radius 2 is 1.32 bits per heavy atom. The van der Waals surface area contributed by atoms with Gasteiger partial charge in [-0.05, 0) is 53.3 Å². The summed E-state index contributed by atoms with van der Waals surface area (Å²) < 4.78 is 0. The number of alkyl halides is 1. The molecule has 1 N–H and O–H groups in total. The van der Waals surface area contributed by atoms with Gasteiger partial charge in [0.2, 0.25) is 0 Å². The van der Waals surface area contributed by atoms with Crippen molar-refractivity contribution in [3.05, 3.63) is 101 Å². The van der Waals surface area contributed by atoms with E-state index in [1.54, 1.807) is 12.1 Å². The van der Waals surface area contributed by atoms with Crippen molar-refractivity contribution in [3.8, 4) is 5.75 Å². The Labute approximate surface area is 154 Å². The average Bonchev–Trinajstić information content (AvgIpc) is 2.65.